The molecular formula is C49H39N3. The van der Waals surface area contributed by atoms with Crippen LogP contribution in [0.3, 0.4) is 0 Å². The number of hydrogen-bond acceptors (Lipinski definition) is 2. The molecule has 250 valence electrons. The third-order valence-corrected chi connectivity index (χ3v) is 8.87. The summed E-state index contributed by atoms with van der Waals surface area (Å²) >= 11 is 0. The van der Waals surface area contributed by atoms with Crippen molar-refractivity contribution >= 4 is 66.7 Å². The smallest absolute Gasteiger partial charge is 0.0645 e. The predicted molar refractivity (Wildman–Crippen MR) is 222 cm³/mol. The third-order valence-electron chi connectivity index (χ3n) is 8.87. The molecule has 0 aliphatic heterocycles. The fraction of sp³-hybridized carbons (Fsp3) is 0.0612. The molecule has 9 rings (SSSR count). The number of fused-ring (bicyclic) bond motifs is 4. The lowest BCUT2D eigenvalue weighted by molar-refractivity contribution is 0.866. The quantitative estimate of drug-likeness (QED) is 0.157. The molecule has 3 heteroatoms. The van der Waals surface area contributed by atoms with Gasteiger partial charge in [-0.15, -0.1) is 0 Å². The van der Waals surface area contributed by atoms with Crippen molar-refractivity contribution in [2.75, 3.05) is 9.80 Å². The molecule has 0 aliphatic carbocycles. The molecule has 3 nitrogen and oxygen atoms in total. The third kappa shape index (κ3) is 5.67. The van der Waals surface area contributed by atoms with Gasteiger partial charge in [0.25, 0.3) is 0 Å². The highest BCUT2D eigenvalue weighted by Gasteiger charge is 2.19. The summed E-state index contributed by atoms with van der Waals surface area (Å²) in [6, 6.07) is 7.04. The van der Waals surface area contributed by atoms with E-state index in [1.807, 2.05) is 54.8 Å². The summed E-state index contributed by atoms with van der Waals surface area (Å²) in [6.07, 6.45) is 0. The van der Waals surface area contributed by atoms with Gasteiger partial charge in [0.1, 0.15) is 0 Å². The second kappa shape index (κ2) is 13.3. The maximum Gasteiger partial charge on any atom is 0.0645 e. The normalized spacial score (nSPS) is 16.8. The minimum Gasteiger partial charge on any atom is -0.310 e. The molecule has 1 aromatic heterocycles. The molecule has 8 aromatic carbocycles. The maximum absolute atomic E-state index is 9.01. The Hall–Kier alpha value is -6.58. The topological polar surface area (TPSA) is 11.4 Å². The fourth-order valence-corrected chi connectivity index (χ4v) is 6.46. The lowest BCUT2D eigenvalue weighted by Gasteiger charge is -2.25. The van der Waals surface area contributed by atoms with Gasteiger partial charge in [0.2, 0.25) is 0 Å². The summed E-state index contributed by atoms with van der Waals surface area (Å²) < 4.78 is 175. The summed E-state index contributed by atoms with van der Waals surface area (Å²) in [7, 11) is 0. The number of rotatable bonds is 8. The highest BCUT2D eigenvalue weighted by atomic mass is 15.1. The van der Waals surface area contributed by atoms with Crippen molar-refractivity contribution in [1.82, 2.24) is 4.57 Å². The van der Waals surface area contributed by atoms with Crippen molar-refractivity contribution in [3.05, 3.63) is 199 Å². The zero-order valence-corrected chi connectivity index (χ0v) is 27.8. The molecule has 0 saturated heterocycles. The van der Waals surface area contributed by atoms with E-state index in [4.69, 9.17) is 27.4 Å². The maximum atomic E-state index is 9.01. The number of benzene rings is 8. The minimum absolute atomic E-state index is 0.0714. The lowest BCUT2D eigenvalue weighted by Crippen LogP contribution is -2.09. The first-order valence-corrected chi connectivity index (χ1v) is 16.4. The zero-order valence-electron chi connectivity index (χ0n) is 47.8. The van der Waals surface area contributed by atoms with Crippen molar-refractivity contribution in [2.24, 2.45) is 0 Å². The van der Waals surface area contributed by atoms with Crippen LogP contribution in [-0.4, -0.2) is 4.57 Å². The Kier molecular flexibility index (Phi) is 4.24. The van der Waals surface area contributed by atoms with Crippen molar-refractivity contribution in [2.45, 2.75) is 19.8 Å². The molecule has 0 radical (unpaired) electrons. The van der Waals surface area contributed by atoms with Gasteiger partial charge in [0.15, 0.2) is 0 Å². The van der Waals surface area contributed by atoms with E-state index in [1.165, 1.54) is 6.07 Å². The monoisotopic (exact) mass is 689 g/mol. The lowest BCUT2D eigenvalue weighted by atomic mass is 10.0. The molecule has 9 aromatic rings. The van der Waals surface area contributed by atoms with Crippen LogP contribution in [0.25, 0.3) is 38.3 Å². The Bertz CT molecular complexity index is 3560. The SMILES string of the molecule is [2H]c1c([2H])c([2H])c(N(c2ccc3cc4c5ccc(N(c6c([2H])c([2H])c([2H])c([2H])c6[2H])c6c([2H])c([2H])c([2H])c([2H])c6[2H])cc5n(-c5ccc(C(C)C)cc5)c4cc3c2)c2c([2H])c([2H])c([2H])c([2H])c2[2H])c([2H])c1[2H]. The van der Waals surface area contributed by atoms with E-state index in [9.17, 15) is 0 Å². The van der Waals surface area contributed by atoms with Gasteiger partial charge in [0.05, 0.1) is 38.4 Å². The van der Waals surface area contributed by atoms with E-state index >= 15 is 0 Å². The van der Waals surface area contributed by atoms with Gasteiger partial charge in [-0.05, 0) is 119 Å². The van der Waals surface area contributed by atoms with Gasteiger partial charge in [-0.2, -0.15) is 0 Å². The van der Waals surface area contributed by atoms with Crippen LogP contribution in [0, 0.1) is 0 Å². The molecule has 0 saturated carbocycles. The van der Waals surface area contributed by atoms with Gasteiger partial charge < -0.3 is 14.4 Å². The first kappa shape index (κ1) is 16.6. The van der Waals surface area contributed by atoms with E-state index < -0.39 is 144 Å². The van der Waals surface area contributed by atoms with Crippen LogP contribution in [0.2, 0.25) is 0 Å². The fourth-order valence-electron chi connectivity index (χ4n) is 6.46. The Morgan fingerprint density at radius 3 is 1.38 bits per heavy atom. The summed E-state index contributed by atoms with van der Waals surface area (Å²) in [4.78, 5) is 2.15. The van der Waals surface area contributed by atoms with Crippen molar-refractivity contribution in [1.29, 1.82) is 0 Å². The van der Waals surface area contributed by atoms with Gasteiger partial charge in [0, 0.05) is 50.6 Å². The highest BCUT2D eigenvalue weighted by molar-refractivity contribution is 6.14. The van der Waals surface area contributed by atoms with E-state index in [2.05, 4.69) is 0 Å². The second-order valence-electron chi connectivity index (χ2n) is 12.2. The summed E-state index contributed by atoms with van der Waals surface area (Å²) in [5.74, 6) is 0.156. The Balaban J connectivity index is 1.38. The Labute approximate surface area is 333 Å². The molecule has 1 heterocycles. The van der Waals surface area contributed by atoms with Crippen LogP contribution in [0.5, 0.6) is 0 Å². The molecule has 52 heavy (non-hydrogen) atoms. The molecular weight excluding hydrogens is 631 g/mol. The van der Waals surface area contributed by atoms with Crippen LogP contribution in [0.1, 0.15) is 52.7 Å². The Morgan fingerprint density at radius 1 is 0.423 bits per heavy atom. The van der Waals surface area contributed by atoms with Crippen molar-refractivity contribution in [3.63, 3.8) is 0 Å². The minimum atomic E-state index is -0.716. The van der Waals surface area contributed by atoms with E-state index in [-0.39, 0.29) is 17.3 Å². The van der Waals surface area contributed by atoms with Crippen LogP contribution in [-0.2, 0) is 0 Å². The molecule has 0 spiro atoms. The van der Waals surface area contributed by atoms with Crippen LogP contribution >= 0.6 is 0 Å². The predicted octanol–water partition coefficient (Wildman–Crippen LogP) is 14.0. The summed E-state index contributed by atoms with van der Waals surface area (Å²) in [5.41, 5.74) is 0.976. The largest absolute Gasteiger partial charge is 0.310 e. The standard InChI is InChI=1S/C49H39N3/c1-35(2)36-23-26-43(27-24-36)52-48-33-38-31-44(50(39-15-7-3-8-16-39)40-17-9-4-10-18-40)28-25-37(38)32-47(48)46-30-29-45(34-49(46)52)51(41-19-11-5-12-20-41)42-21-13-6-14-22-42/h3-35H,1-2H3/i3D,4D,5D,6D,7D,8D,9D,10D,11D,12D,13D,14D,15D,16D,17D,18D,19D,20D,21D,22D. The molecule has 0 amide bonds. The van der Waals surface area contributed by atoms with E-state index in [0.29, 0.717) is 38.3 Å². The number of anilines is 6. The number of hydrogen-bond donors (Lipinski definition) is 0. The number of nitrogens with zero attached hydrogens (tertiary/aromatic N) is 3. The molecule has 0 aliphatic rings. The molecule has 0 fully saturated rings. The first-order chi connectivity index (χ1) is 33.9. The number of aromatic nitrogens is 1. The van der Waals surface area contributed by atoms with Gasteiger partial charge >= 0.3 is 0 Å². The molecule has 0 N–H and O–H groups in total. The van der Waals surface area contributed by atoms with Crippen LogP contribution in [0.15, 0.2) is 194 Å². The number of para-hydroxylation sites is 4. The van der Waals surface area contributed by atoms with E-state index in [0.717, 1.165) is 15.4 Å². The van der Waals surface area contributed by atoms with Gasteiger partial charge in [-0.1, -0.05) is 111 Å². The van der Waals surface area contributed by atoms with Gasteiger partial charge in [-0.3, -0.25) is 0 Å². The molecule has 0 bridgehead atoms. The first-order valence-electron chi connectivity index (χ1n) is 26.4. The van der Waals surface area contributed by atoms with Gasteiger partial charge in [-0.25, -0.2) is 0 Å². The highest BCUT2D eigenvalue weighted by Crippen LogP contribution is 2.42. The van der Waals surface area contributed by atoms with Crippen LogP contribution < -0.4 is 9.80 Å². The van der Waals surface area contributed by atoms with E-state index in [1.54, 1.807) is 30.3 Å². The van der Waals surface area contributed by atoms with Crippen molar-refractivity contribution < 1.29 is 27.4 Å². The van der Waals surface area contributed by atoms with Crippen molar-refractivity contribution in [3.8, 4) is 5.69 Å². The van der Waals surface area contributed by atoms with Crippen LogP contribution in [0.4, 0.5) is 34.1 Å². The zero-order chi connectivity index (χ0) is 52.4. The molecule has 0 atom stereocenters. The Morgan fingerprint density at radius 2 is 0.885 bits per heavy atom. The molecule has 0 unspecified atom stereocenters. The average molecular weight is 690 g/mol. The summed E-state index contributed by atoms with van der Waals surface area (Å²) in [5, 5.41) is 2.42. The second-order valence-corrected chi connectivity index (χ2v) is 12.2. The average Bonchev–Trinajstić information content (AvgIpc) is 3.68. The summed E-state index contributed by atoms with van der Waals surface area (Å²) in [6.45, 7) is 4.08.